The van der Waals surface area contributed by atoms with Gasteiger partial charge in [-0.3, -0.25) is 14.5 Å². The van der Waals surface area contributed by atoms with Gasteiger partial charge >= 0.3 is 12.0 Å². The van der Waals surface area contributed by atoms with Crippen molar-refractivity contribution in [3.63, 3.8) is 0 Å². The van der Waals surface area contributed by atoms with E-state index in [1.165, 1.54) is 4.90 Å². The molecule has 3 amide bonds. The molecule has 8 heteroatoms. The maximum Gasteiger partial charge on any atom is 0.328 e. The van der Waals surface area contributed by atoms with Gasteiger partial charge in [-0.1, -0.05) is 60.7 Å². The number of hydrogen-bond acceptors (Lipinski definition) is 6. The normalized spacial score (nSPS) is 27.4. The van der Waals surface area contributed by atoms with Crippen LogP contribution in [0.15, 0.2) is 60.7 Å². The minimum absolute atomic E-state index is 0.0262. The lowest BCUT2D eigenvalue weighted by atomic mass is 9.91. The molecule has 2 aliphatic rings. The molecule has 1 heterocycles. The molecule has 0 radical (unpaired) electrons. The average molecular weight is 438 g/mol. The first-order chi connectivity index (χ1) is 15.4. The first kappa shape index (κ1) is 22.0. The SMILES string of the molecule is CCOC(=O)[C@@H]1C[C@]2(C(=O)N(Cc3ccccc3)C(=O)N2Cc2ccccc2)[C@H](O)[C@@H]1O. The van der Waals surface area contributed by atoms with Crippen LogP contribution in [0.1, 0.15) is 24.5 Å². The second kappa shape index (κ2) is 8.72. The van der Waals surface area contributed by atoms with Gasteiger partial charge < -0.3 is 19.8 Å². The van der Waals surface area contributed by atoms with Crippen molar-refractivity contribution in [3.8, 4) is 0 Å². The van der Waals surface area contributed by atoms with Gasteiger partial charge in [0, 0.05) is 6.54 Å². The maximum absolute atomic E-state index is 13.7. The van der Waals surface area contributed by atoms with Crippen molar-refractivity contribution in [2.75, 3.05) is 6.61 Å². The van der Waals surface area contributed by atoms with Gasteiger partial charge in [-0.15, -0.1) is 0 Å². The number of rotatable bonds is 6. The second-order valence-corrected chi connectivity index (χ2v) is 8.15. The van der Waals surface area contributed by atoms with E-state index < -0.39 is 41.6 Å². The van der Waals surface area contributed by atoms with E-state index in [0.717, 1.165) is 16.0 Å². The van der Waals surface area contributed by atoms with E-state index in [0.29, 0.717) is 0 Å². The van der Waals surface area contributed by atoms with Crippen molar-refractivity contribution in [2.45, 2.75) is 44.2 Å². The Morgan fingerprint density at radius 2 is 1.56 bits per heavy atom. The molecule has 2 aromatic rings. The molecular weight excluding hydrogens is 412 g/mol. The first-order valence-corrected chi connectivity index (χ1v) is 10.6. The molecule has 168 valence electrons. The Hall–Kier alpha value is -3.23. The number of carbonyl (C=O) groups excluding carboxylic acids is 3. The number of urea groups is 1. The van der Waals surface area contributed by atoms with E-state index in [2.05, 4.69) is 0 Å². The number of aliphatic hydroxyl groups is 2. The van der Waals surface area contributed by atoms with Crippen LogP contribution in [0.3, 0.4) is 0 Å². The van der Waals surface area contributed by atoms with Crippen molar-refractivity contribution in [1.29, 1.82) is 0 Å². The van der Waals surface area contributed by atoms with Crippen molar-refractivity contribution in [2.24, 2.45) is 5.92 Å². The van der Waals surface area contributed by atoms with E-state index in [4.69, 9.17) is 4.74 Å². The van der Waals surface area contributed by atoms with Crippen LogP contribution in [0.4, 0.5) is 4.79 Å². The van der Waals surface area contributed by atoms with Crippen molar-refractivity contribution < 1.29 is 29.3 Å². The molecule has 1 aliphatic heterocycles. The summed E-state index contributed by atoms with van der Waals surface area (Å²) in [7, 11) is 0. The molecule has 0 bridgehead atoms. The Kier molecular flexibility index (Phi) is 5.99. The maximum atomic E-state index is 13.7. The molecular formula is C24H26N2O6. The Labute approximate surface area is 186 Å². The second-order valence-electron chi connectivity index (χ2n) is 8.15. The zero-order valence-electron chi connectivity index (χ0n) is 17.8. The van der Waals surface area contributed by atoms with Gasteiger partial charge in [0.25, 0.3) is 5.91 Å². The van der Waals surface area contributed by atoms with Gasteiger partial charge in [0.05, 0.1) is 25.2 Å². The summed E-state index contributed by atoms with van der Waals surface area (Å²) < 4.78 is 5.05. The summed E-state index contributed by atoms with van der Waals surface area (Å²) in [5, 5.41) is 21.7. The molecule has 4 atom stereocenters. The number of esters is 1. The molecule has 1 saturated carbocycles. The van der Waals surface area contributed by atoms with E-state index in [9.17, 15) is 24.6 Å². The largest absolute Gasteiger partial charge is 0.466 e. The number of ether oxygens (including phenoxy) is 1. The number of imide groups is 1. The van der Waals surface area contributed by atoms with Crippen LogP contribution in [0.2, 0.25) is 0 Å². The molecule has 8 nitrogen and oxygen atoms in total. The van der Waals surface area contributed by atoms with Gasteiger partial charge in [0.1, 0.15) is 6.10 Å². The zero-order chi connectivity index (χ0) is 22.9. The molecule has 0 aromatic heterocycles. The quantitative estimate of drug-likeness (QED) is 0.525. The lowest BCUT2D eigenvalue weighted by molar-refractivity contribution is -0.152. The number of hydrogen-bond donors (Lipinski definition) is 2. The summed E-state index contributed by atoms with van der Waals surface area (Å²) >= 11 is 0. The summed E-state index contributed by atoms with van der Waals surface area (Å²) in [6.07, 6.45) is -3.37. The van der Waals surface area contributed by atoms with Crippen LogP contribution in [0, 0.1) is 5.92 Å². The standard InChI is InChI=1S/C24H26N2O6/c1-2-32-21(29)18-13-24(20(28)19(18)27)22(30)25(14-16-9-5-3-6-10-16)23(31)26(24)15-17-11-7-4-8-12-17/h3-12,18-20,27-28H,2,13-15H2,1H3/t18-,19-,20-,24-/m1/s1. The topological polar surface area (TPSA) is 107 Å². The molecule has 2 N–H and O–H groups in total. The highest BCUT2D eigenvalue weighted by atomic mass is 16.5. The summed E-state index contributed by atoms with van der Waals surface area (Å²) in [5.74, 6) is -2.44. The minimum Gasteiger partial charge on any atom is -0.466 e. The molecule has 1 aliphatic carbocycles. The third kappa shape index (κ3) is 3.55. The van der Waals surface area contributed by atoms with Gasteiger partial charge in [-0.25, -0.2) is 4.79 Å². The van der Waals surface area contributed by atoms with Crippen molar-refractivity contribution in [3.05, 3.63) is 71.8 Å². The summed E-state index contributed by atoms with van der Waals surface area (Å²) in [6, 6.07) is 17.6. The average Bonchev–Trinajstić information content (AvgIpc) is 3.18. The zero-order valence-corrected chi connectivity index (χ0v) is 17.8. The summed E-state index contributed by atoms with van der Waals surface area (Å²) in [5.41, 5.74) is -0.241. The number of carbonyl (C=O) groups is 3. The third-order valence-corrected chi connectivity index (χ3v) is 6.27. The van der Waals surface area contributed by atoms with E-state index in [-0.39, 0.29) is 26.1 Å². The van der Waals surface area contributed by atoms with Crippen molar-refractivity contribution in [1.82, 2.24) is 9.80 Å². The van der Waals surface area contributed by atoms with Gasteiger partial charge in [0.15, 0.2) is 5.54 Å². The van der Waals surface area contributed by atoms with Crippen LogP contribution < -0.4 is 0 Å². The van der Waals surface area contributed by atoms with Crippen LogP contribution in [0.25, 0.3) is 0 Å². The molecule has 0 unspecified atom stereocenters. The van der Waals surface area contributed by atoms with E-state index >= 15 is 0 Å². The minimum atomic E-state index is -1.75. The van der Waals surface area contributed by atoms with Crippen molar-refractivity contribution >= 4 is 17.9 Å². The Morgan fingerprint density at radius 3 is 2.12 bits per heavy atom. The lowest BCUT2D eigenvalue weighted by Gasteiger charge is -2.34. The molecule has 1 saturated heterocycles. The highest BCUT2D eigenvalue weighted by molar-refractivity contribution is 6.08. The van der Waals surface area contributed by atoms with Crippen LogP contribution in [-0.4, -0.2) is 62.3 Å². The van der Waals surface area contributed by atoms with Gasteiger partial charge in [-0.05, 0) is 24.5 Å². The Morgan fingerprint density at radius 1 is 1.00 bits per heavy atom. The summed E-state index contributed by atoms with van der Waals surface area (Å²) in [4.78, 5) is 42.0. The van der Waals surface area contributed by atoms with E-state index in [1.54, 1.807) is 19.1 Å². The fraction of sp³-hybridized carbons (Fsp3) is 0.375. The van der Waals surface area contributed by atoms with Gasteiger partial charge in [-0.2, -0.15) is 0 Å². The molecule has 2 fully saturated rings. The van der Waals surface area contributed by atoms with Crippen LogP contribution in [-0.2, 0) is 27.4 Å². The monoisotopic (exact) mass is 438 g/mol. The summed E-state index contributed by atoms with van der Waals surface area (Å²) in [6.45, 7) is 1.82. The number of amides is 3. The number of nitrogens with zero attached hydrogens (tertiary/aromatic N) is 2. The fourth-order valence-electron chi connectivity index (χ4n) is 4.67. The first-order valence-electron chi connectivity index (χ1n) is 10.6. The highest BCUT2D eigenvalue weighted by Gasteiger charge is 2.69. The molecule has 32 heavy (non-hydrogen) atoms. The van der Waals surface area contributed by atoms with Crippen LogP contribution in [0.5, 0.6) is 0 Å². The predicted molar refractivity (Wildman–Crippen MR) is 114 cm³/mol. The molecule has 1 spiro atoms. The van der Waals surface area contributed by atoms with E-state index in [1.807, 2.05) is 48.5 Å². The number of aliphatic hydroxyl groups excluding tert-OH is 2. The smallest absolute Gasteiger partial charge is 0.328 e. The highest BCUT2D eigenvalue weighted by Crippen LogP contribution is 2.46. The Balaban J connectivity index is 1.73. The predicted octanol–water partition coefficient (Wildman–Crippen LogP) is 1.69. The fourth-order valence-corrected chi connectivity index (χ4v) is 4.67. The third-order valence-electron chi connectivity index (χ3n) is 6.27. The molecule has 2 aromatic carbocycles. The Bertz CT molecular complexity index is 998. The van der Waals surface area contributed by atoms with Crippen LogP contribution >= 0.6 is 0 Å². The lowest BCUT2D eigenvalue weighted by Crippen LogP contribution is -2.56. The number of benzene rings is 2. The van der Waals surface area contributed by atoms with Gasteiger partial charge in [0.2, 0.25) is 0 Å². The molecule has 4 rings (SSSR count).